The Kier molecular flexibility index (Phi) is 26.5. The predicted octanol–water partition coefficient (Wildman–Crippen LogP) is 0.806. The van der Waals surface area contributed by atoms with Gasteiger partial charge >= 0.3 is 0 Å². The van der Waals surface area contributed by atoms with E-state index >= 15 is 0 Å². The van der Waals surface area contributed by atoms with E-state index < -0.39 is 36.3 Å². The molecule has 0 aromatic heterocycles. The number of carbonyl (C=O) groups excluding carboxylic acids is 2. The van der Waals surface area contributed by atoms with Crippen molar-refractivity contribution < 1.29 is 40.9 Å². The number of carboxylic acids is 1. The van der Waals surface area contributed by atoms with Crippen molar-refractivity contribution in [2.75, 3.05) is 13.1 Å². The third-order valence-electron chi connectivity index (χ3n) is 5.94. The molecule has 0 heterocycles. The van der Waals surface area contributed by atoms with Crippen molar-refractivity contribution in [2.24, 2.45) is 0 Å². The van der Waals surface area contributed by atoms with E-state index in [4.69, 9.17) is 5.11 Å². The van der Waals surface area contributed by atoms with Crippen molar-refractivity contribution in [3.63, 3.8) is 0 Å². The van der Waals surface area contributed by atoms with Crippen LogP contribution in [0, 0.1) is 0 Å². The molecule has 0 bridgehead atoms. The van der Waals surface area contributed by atoms with Crippen LogP contribution < -0.4 is 16.2 Å². The summed E-state index contributed by atoms with van der Waals surface area (Å²) in [6.45, 7) is 5.85. The molecule has 0 saturated carbocycles. The number of nitrogens with one attached hydrogen (secondary N) is 1. The van der Waals surface area contributed by atoms with Crippen LogP contribution in [0.2, 0.25) is 0 Å². The van der Waals surface area contributed by atoms with E-state index in [9.17, 15) is 30.0 Å². The number of hydrogen-bond acceptors (Lipinski definition) is 7. The van der Waals surface area contributed by atoms with Crippen molar-refractivity contribution in [1.82, 2.24) is 5.32 Å². The SMILES string of the molecule is CCCCCCCCCCNC(=O)[C@@H](O)[C@H](O)[C@@H](O)[C@@H](O)C(=O)[O-].CCCCCCCCCC[NH3+]. The van der Waals surface area contributed by atoms with Gasteiger partial charge in [0.2, 0.25) is 0 Å². The monoisotopic (exact) mass is 506 g/mol. The van der Waals surface area contributed by atoms with Crippen molar-refractivity contribution in [2.45, 2.75) is 141 Å². The molecule has 9 nitrogen and oxygen atoms in total. The Morgan fingerprint density at radius 1 is 0.657 bits per heavy atom. The van der Waals surface area contributed by atoms with Crippen LogP contribution in [0.3, 0.4) is 0 Å². The van der Waals surface area contributed by atoms with Crippen LogP contribution in [0.5, 0.6) is 0 Å². The number of aliphatic hydroxyl groups excluding tert-OH is 4. The highest BCUT2D eigenvalue weighted by Gasteiger charge is 2.34. The smallest absolute Gasteiger partial charge is 0.251 e. The molecule has 0 saturated heterocycles. The summed E-state index contributed by atoms with van der Waals surface area (Å²) in [6.07, 6.45) is 11.2. The quantitative estimate of drug-likeness (QED) is 0.118. The molecule has 0 radical (unpaired) electrons. The molecule has 8 N–H and O–H groups in total. The molecule has 0 aromatic rings. The average molecular weight is 507 g/mol. The number of aliphatic carboxylic acids is 1. The first-order valence-corrected chi connectivity index (χ1v) is 13.7. The number of quaternary nitrogens is 1. The van der Waals surface area contributed by atoms with E-state index in [0.29, 0.717) is 13.0 Å². The van der Waals surface area contributed by atoms with Crippen molar-refractivity contribution >= 4 is 11.9 Å². The highest BCUT2D eigenvalue weighted by atomic mass is 16.4. The summed E-state index contributed by atoms with van der Waals surface area (Å²) in [5.74, 6) is -2.94. The molecule has 0 rings (SSSR count). The van der Waals surface area contributed by atoms with Gasteiger partial charge in [-0.1, -0.05) is 97.3 Å². The van der Waals surface area contributed by atoms with E-state index in [1.165, 1.54) is 77.0 Å². The summed E-state index contributed by atoms with van der Waals surface area (Å²) in [6, 6.07) is 0. The lowest BCUT2D eigenvalue weighted by atomic mass is 10.0. The first-order chi connectivity index (χ1) is 16.7. The van der Waals surface area contributed by atoms with Gasteiger partial charge in [-0.3, -0.25) is 4.79 Å². The molecular weight excluding hydrogens is 452 g/mol. The van der Waals surface area contributed by atoms with Gasteiger partial charge in [-0.2, -0.15) is 0 Å². The zero-order valence-corrected chi connectivity index (χ0v) is 22.3. The van der Waals surface area contributed by atoms with E-state index in [1.807, 2.05) is 0 Å². The van der Waals surface area contributed by atoms with Crippen LogP contribution in [-0.2, 0) is 9.59 Å². The van der Waals surface area contributed by atoms with Crippen LogP contribution in [0.1, 0.15) is 117 Å². The fourth-order valence-corrected chi connectivity index (χ4v) is 3.55. The Bertz CT molecular complexity index is 486. The number of amides is 1. The van der Waals surface area contributed by atoms with Crippen LogP contribution in [0.25, 0.3) is 0 Å². The summed E-state index contributed by atoms with van der Waals surface area (Å²) in [5.41, 5.74) is 3.83. The van der Waals surface area contributed by atoms with E-state index in [-0.39, 0.29) is 0 Å². The van der Waals surface area contributed by atoms with Gasteiger partial charge in [-0.25, -0.2) is 0 Å². The van der Waals surface area contributed by atoms with E-state index in [2.05, 4.69) is 24.9 Å². The maximum Gasteiger partial charge on any atom is 0.251 e. The molecule has 1 amide bonds. The number of carboxylic acid groups (broad SMARTS) is 1. The largest absolute Gasteiger partial charge is 0.547 e. The Labute approximate surface area is 212 Å². The predicted molar refractivity (Wildman–Crippen MR) is 135 cm³/mol. The summed E-state index contributed by atoms with van der Waals surface area (Å²) in [4.78, 5) is 22.0. The Morgan fingerprint density at radius 2 is 1.03 bits per heavy atom. The second-order valence-corrected chi connectivity index (χ2v) is 9.28. The van der Waals surface area contributed by atoms with Gasteiger partial charge in [0.15, 0.2) is 6.10 Å². The van der Waals surface area contributed by atoms with Crippen LogP contribution in [0.15, 0.2) is 0 Å². The minimum Gasteiger partial charge on any atom is -0.547 e. The molecule has 0 aliphatic rings. The highest BCUT2D eigenvalue weighted by molar-refractivity contribution is 5.81. The number of unbranched alkanes of at least 4 members (excludes halogenated alkanes) is 14. The molecule has 0 unspecified atom stereocenters. The number of aliphatic hydroxyl groups is 4. The highest BCUT2D eigenvalue weighted by Crippen LogP contribution is 2.09. The lowest BCUT2D eigenvalue weighted by Gasteiger charge is -2.26. The van der Waals surface area contributed by atoms with Gasteiger partial charge in [-0.05, 0) is 19.3 Å². The molecule has 9 heteroatoms. The second kappa shape index (κ2) is 25.8. The maximum absolute atomic E-state index is 11.6. The molecule has 0 spiro atoms. The Balaban J connectivity index is 0. The fourth-order valence-electron chi connectivity index (χ4n) is 3.55. The van der Waals surface area contributed by atoms with Gasteiger partial charge in [0.05, 0.1) is 12.5 Å². The van der Waals surface area contributed by atoms with E-state index in [0.717, 1.165) is 25.8 Å². The molecule has 0 aliphatic heterocycles. The summed E-state index contributed by atoms with van der Waals surface area (Å²) >= 11 is 0. The molecule has 35 heavy (non-hydrogen) atoms. The Morgan fingerprint density at radius 3 is 1.43 bits per heavy atom. The molecule has 0 fully saturated rings. The second-order valence-electron chi connectivity index (χ2n) is 9.28. The number of hydrogen-bond donors (Lipinski definition) is 6. The van der Waals surface area contributed by atoms with Gasteiger partial charge in [-0.15, -0.1) is 0 Å². The molecule has 0 aromatic carbocycles. The van der Waals surface area contributed by atoms with Gasteiger partial charge < -0.3 is 41.4 Å². The van der Waals surface area contributed by atoms with Crippen LogP contribution in [-0.4, -0.2) is 69.8 Å². The van der Waals surface area contributed by atoms with Crippen molar-refractivity contribution in [1.29, 1.82) is 0 Å². The summed E-state index contributed by atoms with van der Waals surface area (Å²) < 4.78 is 0. The van der Waals surface area contributed by atoms with Crippen LogP contribution >= 0.6 is 0 Å². The lowest BCUT2D eigenvalue weighted by Crippen LogP contribution is -2.55. The van der Waals surface area contributed by atoms with Gasteiger partial charge in [0, 0.05) is 6.54 Å². The molecule has 4 atom stereocenters. The lowest BCUT2D eigenvalue weighted by molar-refractivity contribution is -0.368. The topological polar surface area (TPSA) is 178 Å². The normalized spacial score (nSPS) is 14.4. The fraction of sp³-hybridized carbons (Fsp3) is 0.923. The minimum absolute atomic E-state index is 0.302. The summed E-state index contributed by atoms with van der Waals surface area (Å²) in [7, 11) is 0. The standard InChI is InChI=1S/C16H31NO7.C10H23N/c1-2-3-4-5-6-7-8-9-10-17-15(22)13(20)11(18)12(19)14(21)16(23)24;1-2-3-4-5-6-7-8-9-10-11/h11-14,18-21H,2-10H2,1H3,(H,17,22)(H,23,24);2-11H2,1H3/t11-,12-,13+,14-;/m1./s1. The third-order valence-corrected chi connectivity index (χ3v) is 5.94. The first-order valence-electron chi connectivity index (χ1n) is 13.7. The number of carbonyl (C=O) groups is 2. The molecule has 210 valence electrons. The zero-order valence-electron chi connectivity index (χ0n) is 22.3. The van der Waals surface area contributed by atoms with Crippen LogP contribution in [0.4, 0.5) is 0 Å². The first kappa shape index (κ1) is 35.9. The zero-order chi connectivity index (χ0) is 26.9. The molecule has 0 aliphatic carbocycles. The number of rotatable bonds is 22. The minimum atomic E-state index is -2.39. The summed E-state index contributed by atoms with van der Waals surface area (Å²) in [5, 5.41) is 50.2. The average Bonchev–Trinajstić information content (AvgIpc) is 2.85. The third kappa shape index (κ3) is 21.7. The molecular formula is C26H54N2O7. The Hall–Kier alpha value is -1.26. The van der Waals surface area contributed by atoms with Crippen molar-refractivity contribution in [3.8, 4) is 0 Å². The van der Waals surface area contributed by atoms with Gasteiger partial charge in [0.25, 0.3) is 5.91 Å². The van der Waals surface area contributed by atoms with Gasteiger partial charge in [0.1, 0.15) is 18.3 Å². The van der Waals surface area contributed by atoms with E-state index in [1.54, 1.807) is 0 Å². The van der Waals surface area contributed by atoms with Crippen molar-refractivity contribution in [3.05, 3.63) is 0 Å². The maximum atomic E-state index is 11.6.